The second-order valence-corrected chi connectivity index (χ2v) is 5.63. The van der Waals surface area contributed by atoms with Crippen LogP contribution in [0, 0.1) is 18.8 Å². The van der Waals surface area contributed by atoms with Gasteiger partial charge in [0.2, 0.25) is 5.91 Å². The topological polar surface area (TPSA) is 99.2 Å². The number of aliphatic carboxylic acids is 1. The van der Waals surface area contributed by atoms with Crippen LogP contribution in [0.25, 0.3) is 0 Å². The lowest BCUT2D eigenvalue weighted by atomic mass is 9.92. The maximum absolute atomic E-state index is 12.2. The number of carboxylic acid groups (broad SMARTS) is 1. The number of carbonyl (C=O) groups is 2. The van der Waals surface area contributed by atoms with Crippen molar-refractivity contribution in [1.82, 2.24) is 20.1 Å². The van der Waals surface area contributed by atoms with Crippen LogP contribution < -0.4 is 0 Å². The van der Waals surface area contributed by atoms with Gasteiger partial charge >= 0.3 is 5.97 Å². The first-order valence-electron chi connectivity index (χ1n) is 7.39. The highest BCUT2D eigenvalue weighted by atomic mass is 16.4. The lowest BCUT2D eigenvalue weighted by Crippen LogP contribution is -2.30. The van der Waals surface area contributed by atoms with E-state index in [1.165, 1.54) is 0 Å². The molecule has 0 aromatic carbocycles. The number of hydrogen-bond acceptors (Lipinski definition) is 4. The zero-order valence-electron chi connectivity index (χ0n) is 12.5. The predicted octanol–water partition coefficient (Wildman–Crippen LogP) is 1.01. The van der Waals surface area contributed by atoms with Gasteiger partial charge in [0.25, 0.3) is 0 Å². The number of aromatic nitrogens is 3. The Balaban J connectivity index is 1.89. The minimum atomic E-state index is -0.798. The van der Waals surface area contributed by atoms with E-state index in [4.69, 9.17) is 0 Å². The molecule has 0 unspecified atom stereocenters. The average molecular weight is 294 g/mol. The minimum absolute atomic E-state index is 0.0118. The summed E-state index contributed by atoms with van der Waals surface area (Å²) < 4.78 is 0. The number of amides is 1. The number of nitrogens with zero attached hydrogens (tertiary/aromatic N) is 3. The van der Waals surface area contributed by atoms with Crippen molar-refractivity contribution >= 4 is 11.9 Å². The van der Waals surface area contributed by atoms with E-state index in [2.05, 4.69) is 15.2 Å². The number of carboxylic acids is 1. The second-order valence-electron chi connectivity index (χ2n) is 5.63. The molecule has 1 amide bonds. The fraction of sp³-hybridized carbons (Fsp3) is 0.714. The van der Waals surface area contributed by atoms with Crippen LogP contribution in [0.15, 0.2) is 0 Å². The van der Waals surface area contributed by atoms with E-state index < -0.39 is 11.9 Å². The zero-order valence-corrected chi connectivity index (χ0v) is 12.5. The molecule has 7 heteroatoms. The second kappa shape index (κ2) is 6.69. The molecule has 21 heavy (non-hydrogen) atoms. The Morgan fingerprint density at radius 1 is 1.43 bits per heavy atom. The number of H-pyrrole nitrogens is 1. The van der Waals surface area contributed by atoms with E-state index in [0.29, 0.717) is 31.8 Å². The largest absolute Gasteiger partial charge is 0.481 e. The third-order valence-electron chi connectivity index (χ3n) is 3.98. The van der Waals surface area contributed by atoms with Crippen molar-refractivity contribution in [2.45, 2.75) is 39.5 Å². The van der Waals surface area contributed by atoms with Gasteiger partial charge in [0, 0.05) is 25.9 Å². The van der Waals surface area contributed by atoms with Crippen molar-refractivity contribution in [2.75, 3.05) is 13.1 Å². The van der Waals surface area contributed by atoms with E-state index in [9.17, 15) is 14.7 Å². The highest BCUT2D eigenvalue weighted by molar-refractivity contribution is 5.79. The zero-order chi connectivity index (χ0) is 15.4. The summed E-state index contributed by atoms with van der Waals surface area (Å²) in [5, 5.41) is 16.0. The van der Waals surface area contributed by atoms with E-state index in [0.717, 1.165) is 18.7 Å². The smallest absolute Gasteiger partial charge is 0.308 e. The molecule has 1 aliphatic heterocycles. The number of likely N-dealkylation sites (tertiary alicyclic amines) is 1. The van der Waals surface area contributed by atoms with Gasteiger partial charge < -0.3 is 10.0 Å². The predicted molar refractivity (Wildman–Crippen MR) is 75.5 cm³/mol. The summed E-state index contributed by atoms with van der Waals surface area (Å²) in [5.41, 5.74) is 0. The van der Waals surface area contributed by atoms with Crippen LogP contribution >= 0.6 is 0 Å². The van der Waals surface area contributed by atoms with Crippen LogP contribution in [-0.2, 0) is 16.0 Å². The summed E-state index contributed by atoms with van der Waals surface area (Å²) in [6, 6.07) is 0. The molecule has 2 N–H and O–H groups in total. The summed E-state index contributed by atoms with van der Waals surface area (Å²) in [4.78, 5) is 29.3. The van der Waals surface area contributed by atoms with Gasteiger partial charge in [-0.25, -0.2) is 4.98 Å². The summed E-state index contributed by atoms with van der Waals surface area (Å²) in [6.07, 6.45) is 2.59. The first-order chi connectivity index (χ1) is 10.0. The SMILES string of the molecule is CCC[C@@H]1CN(C(=O)CCc2n[nH]c(C)n2)C[C@H]1C(=O)O. The number of carbonyl (C=O) groups excluding carboxylic acids is 1. The fourth-order valence-corrected chi connectivity index (χ4v) is 2.90. The Bertz CT molecular complexity index is 514. The quantitative estimate of drug-likeness (QED) is 0.815. The molecule has 1 aromatic heterocycles. The Morgan fingerprint density at radius 3 is 2.76 bits per heavy atom. The van der Waals surface area contributed by atoms with Crippen LogP contribution in [-0.4, -0.2) is 50.2 Å². The van der Waals surface area contributed by atoms with Gasteiger partial charge in [0.05, 0.1) is 5.92 Å². The molecule has 0 radical (unpaired) electrons. The molecule has 116 valence electrons. The molecule has 2 rings (SSSR count). The maximum Gasteiger partial charge on any atom is 0.308 e. The molecular weight excluding hydrogens is 272 g/mol. The lowest BCUT2D eigenvalue weighted by Gasteiger charge is -2.15. The van der Waals surface area contributed by atoms with Crippen molar-refractivity contribution in [2.24, 2.45) is 11.8 Å². The van der Waals surface area contributed by atoms with E-state index in [-0.39, 0.29) is 11.8 Å². The lowest BCUT2D eigenvalue weighted by molar-refractivity contribution is -0.142. The fourth-order valence-electron chi connectivity index (χ4n) is 2.90. The third kappa shape index (κ3) is 3.80. The first-order valence-corrected chi connectivity index (χ1v) is 7.39. The molecule has 1 aromatic rings. The average Bonchev–Trinajstić information content (AvgIpc) is 3.03. The molecule has 0 bridgehead atoms. The van der Waals surface area contributed by atoms with E-state index in [1.807, 2.05) is 13.8 Å². The summed E-state index contributed by atoms with van der Waals surface area (Å²) in [6.45, 7) is 4.73. The number of aryl methyl sites for hydroxylation is 2. The number of nitrogens with one attached hydrogen (secondary N) is 1. The van der Waals surface area contributed by atoms with Crippen molar-refractivity contribution in [3.8, 4) is 0 Å². The van der Waals surface area contributed by atoms with Crippen LogP contribution in [0.4, 0.5) is 0 Å². The highest BCUT2D eigenvalue weighted by Gasteiger charge is 2.38. The van der Waals surface area contributed by atoms with Crippen molar-refractivity contribution < 1.29 is 14.7 Å². The number of aromatic amines is 1. The monoisotopic (exact) mass is 294 g/mol. The molecule has 1 saturated heterocycles. The van der Waals surface area contributed by atoms with E-state index in [1.54, 1.807) is 4.90 Å². The standard InChI is InChI=1S/C14H22N4O3/c1-3-4-10-7-18(8-11(10)14(20)21)13(19)6-5-12-15-9(2)16-17-12/h10-11H,3-8H2,1-2H3,(H,20,21)(H,15,16,17)/t10-,11-/m1/s1. The van der Waals surface area contributed by atoms with Crippen LogP contribution in [0.5, 0.6) is 0 Å². The van der Waals surface area contributed by atoms with Crippen LogP contribution in [0.1, 0.15) is 37.8 Å². The highest BCUT2D eigenvalue weighted by Crippen LogP contribution is 2.28. The summed E-state index contributed by atoms with van der Waals surface area (Å²) in [5.74, 6) is 0.185. The third-order valence-corrected chi connectivity index (χ3v) is 3.98. The first kappa shape index (κ1) is 15.5. The molecule has 1 aliphatic rings. The van der Waals surface area contributed by atoms with Gasteiger partial charge in [-0.15, -0.1) is 0 Å². The number of hydrogen-bond donors (Lipinski definition) is 2. The maximum atomic E-state index is 12.2. The Morgan fingerprint density at radius 2 is 2.19 bits per heavy atom. The molecule has 1 fully saturated rings. The Hall–Kier alpha value is -1.92. The Kier molecular flexibility index (Phi) is 4.93. The van der Waals surface area contributed by atoms with Crippen molar-refractivity contribution in [1.29, 1.82) is 0 Å². The van der Waals surface area contributed by atoms with Gasteiger partial charge in [-0.05, 0) is 19.3 Å². The summed E-state index contributed by atoms with van der Waals surface area (Å²) in [7, 11) is 0. The van der Waals surface area contributed by atoms with Gasteiger partial charge in [0.1, 0.15) is 5.82 Å². The molecule has 0 spiro atoms. The van der Waals surface area contributed by atoms with Crippen LogP contribution in [0.3, 0.4) is 0 Å². The number of rotatable bonds is 6. The van der Waals surface area contributed by atoms with Crippen LogP contribution in [0.2, 0.25) is 0 Å². The van der Waals surface area contributed by atoms with Crippen molar-refractivity contribution in [3.63, 3.8) is 0 Å². The molecule has 2 atom stereocenters. The molecule has 7 nitrogen and oxygen atoms in total. The minimum Gasteiger partial charge on any atom is -0.481 e. The molecular formula is C14H22N4O3. The normalized spacial score (nSPS) is 21.7. The van der Waals surface area contributed by atoms with Gasteiger partial charge in [-0.3, -0.25) is 14.7 Å². The van der Waals surface area contributed by atoms with E-state index >= 15 is 0 Å². The van der Waals surface area contributed by atoms with Gasteiger partial charge in [0.15, 0.2) is 5.82 Å². The van der Waals surface area contributed by atoms with Gasteiger partial charge in [-0.1, -0.05) is 13.3 Å². The molecule has 2 heterocycles. The molecule has 0 aliphatic carbocycles. The van der Waals surface area contributed by atoms with Crippen molar-refractivity contribution in [3.05, 3.63) is 11.6 Å². The molecule has 0 saturated carbocycles. The summed E-state index contributed by atoms with van der Waals surface area (Å²) >= 11 is 0. The van der Waals surface area contributed by atoms with Gasteiger partial charge in [-0.2, -0.15) is 5.10 Å². The Labute approximate surface area is 123 Å².